The minimum absolute atomic E-state index is 0.0336. The highest BCUT2D eigenvalue weighted by Gasteiger charge is 2.40. The third kappa shape index (κ3) is 4.21. The van der Waals surface area contributed by atoms with E-state index in [1.807, 2.05) is 0 Å². The highest BCUT2D eigenvalue weighted by Crippen LogP contribution is 2.44. The summed E-state index contributed by atoms with van der Waals surface area (Å²) in [6, 6.07) is 11.2. The minimum Gasteiger partial charge on any atom is -0.235 e. The lowest BCUT2D eigenvalue weighted by atomic mass is 9.98. The molecule has 29 heavy (non-hydrogen) atoms. The molecule has 3 rings (SSSR count). The molecule has 0 spiro atoms. The van der Waals surface area contributed by atoms with Crippen LogP contribution >= 0.6 is 11.6 Å². The fraction of sp³-hybridized carbons (Fsp3) is 0.105. The lowest BCUT2D eigenvalue weighted by Gasteiger charge is -2.12. The van der Waals surface area contributed by atoms with Crippen molar-refractivity contribution >= 4 is 27.8 Å². The maximum Gasteiger partial charge on any atom is 0.434 e. The zero-order chi connectivity index (χ0) is 21.4. The number of hydrogen-bond acceptors (Lipinski definition) is 3. The van der Waals surface area contributed by atoms with Crippen LogP contribution < -0.4 is 5.14 Å². The van der Waals surface area contributed by atoms with E-state index in [2.05, 4.69) is 5.10 Å². The second kappa shape index (κ2) is 7.66. The summed E-state index contributed by atoms with van der Waals surface area (Å²) in [5.41, 5.74) is -1.34. The monoisotopic (exact) mass is 441 g/mol. The molecule has 0 saturated carbocycles. The van der Waals surface area contributed by atoms with Crippen molar-refractivity contribution in [3.8, 4) is 22.4 Å². The first-order valence-corrected chi connectivity index (χ1v) is 10.2. The van der Waals surface area contributed by atoms with E-state index in [1.54, 1.807) is 6.92 Å². The van der Waals surface area contributed by atoms with Crippen molar-refractivity contribution in [1.29, 1.82) is 0 Å². The summed E-state index contributed by atoms with van der Waals surface area (Å²) in [6.07, 6.45) is -2.23. The SMILES string of the molecule is CC=Cn1nc(-c2ccccc2S(N)(=O)=O)c(-c2ccc(Cl)cc2)c1C(F)(F)F. The van der Waals surface area contributed by atoms with E-state index in [0.29, 0.717) is 9.70 Å². The molecule has 0 bridgehead atoms. The molecular weight excluding hydrogens is 427 g/mol. The average molecular weight is 442 g/mol. The van der Waals surface area contributed by atoms with E-state index in [1.165, 1.54) is 54.6 Å². The summed E-state index contributed by atoms with van der Waals surface area (Å²) < 4.78 is 66.7. The zero-order valence-electron chi connectivity index (χ0n) is 15.0. The van der Waals surface area contributed by atoms with Gasteiger partial charge in [-0.3, -0.25) is 0 Å². The van der Waals surface area contributed by atoms with Gasteiger partial charge >= 0.3 is 6.18 Å². The van der Waals surface area contributed by atoms with Gasteiger partial charge in [0.15, 0.2) is 5.69 Å². The summed E-state index contributed by atoms with van der Waals surface area (Å²) in [6.45, 7) is 1.54. The fourth-order valence-corrected chi connectivity index (χ4v) is 3.81. The first kappa shape index (κ1) is 21.1. The number of benzene rings is 2. The van der Waals surface area contributed by atoms with Gasteiger partial charge in [-0.1, -0.05) is 48.0 Å². The summed E-state index contributed by atoms with van der Waals surface area (Å²) >= 11 is 5.88. The van der Waals surface area contributed by atoms with Crippen LogP contribution in [0.1, 0.15) is 12.6 Å². The fourth-order valence-electron chi connectivity index (χ4n) is 2.94. The van der Waals surface area contributed by atoms with Crippen molar-refractivity contribution in [3.05, 3.63) is 65.3 Å². The molecule has 2 aromatic carbocycles. The molecule has 0 fully saturated rings. The predicted octanol–water partition coefficient (Wildman–Crippen LogP) is 5.03. The number of nitrogens with two attached hydrogens (primary N) is 1. The van der Waals surface area contributed by atoms with E-state index in [-0.39, 0.29) is 27.3 Å². The van der Waals surface area contributed by atoms with Crippen molar-refractivity contribution in [2.75, 3.05) is 0 Å². The van der Waals surface area contributed by atoms with Gasteiger partial charge in [-0.2, -0.15) is 18.3 Å². The van der Waals surface area contributed by atoms with Crippen molar-refractivity contribution in [2.45, 2.75) is 18.0 Å². The number of sulfonamides is 1. The molecule has 3 aromatic rings. The molecule has 1 heterocycles. The smallest absolute Gasteiger partial charge is 0.235 e. The lowest BCUT2D eigenvalue weighted by Crippen LogP contribution is -2.13. The second-order valence-corrected chi connectivity index (χ2v) is 8.01. The number of aromatic nitrogens is 2. The molecule has 0 unspecified atom stereocenters. The Balaban J connectivity index is 2.47. The quantitative estimate of drug-likeness (QED) is 0.617. The first-order chi connectivity index (χ1) is 13.5. The minimum atomic E-state index is -4.77. The van der Waals surface area contributed by atoms with E-state index in [0.717, 1.165) is 6.20 Å². The third-order valence-corrected chi connectivity index (χ3v) is 5.27. The van der Waals surface area contributed by atoms with Crippen LogP contribution in [0.3, 0.4) is 0 Å². The lowest BCUT2D eigenvalue weighted by molar-refractivity contribution is -0.142. The van der Waals surface area contributed by atoms with Crippen molar-refractivity contribution in [2.24, 2.45) is 5.14 Å². The van der Waals surface area contributed by atoms with E-state index in [9.17, 15) is 21.6 Å². The van der Waals surface area contributed by atoms with Crippen molar-refractivity contribution in [3.63, 3.8) is 0 Å². The molecule has 2 N–H and O–H groups in total. The number of primary sulfonamides is 1. The van der Waals surface area contributed by atoms with Gasteiger partial charge in [0.1, 0.15) is 5.69 Å². The van der Waals surface area contributed by atoms with E-state index >= 15 is 0 Å². The highest BCUT2D eigenvalue weighted by atomic mass is 35.5. The largest absolute Gasteiger partial charge is 0.434 e. The Morgan fingerprint density at radius 1 is 1.10 bits per heavy atom. The van der Waals surface area contributed by atoms with Gasteiger partial charge in [0, 0.05) is 22.3 Å². The van der Waals surface area contributed by atoms with Gasteiger partial charge in [0.25, 0.3) is 0 Å². The third-order valence-electron chi connectivity index (χ3n) is 4.05. The Hall–Kier alpha value is -2.62. The van der Waals surface area contributed by atoms with Crippen LogP contribution in [0.15, 0.2) is 59.5 Å². The Labute approximate surface area is 170 Å². The number of nitrogens with zero attached hydrogens (tertiary/aromatic N) is 2. The average Bonchev–Trinajstić information content (AvgIpc) is 3.01. The van der Waals surface area contributed by atoms with Crippen LogP contribution in [0.25, 0.3) is 28.6 Å². The highest BCUT2D eigenvalue weighted by molar-refractivity contribution is 7.89. The summed E-state index contributed by atoms with van der Waals surface area (Å²) in [7, 11) is -4.21. The molecule has 10 heteroatoms. The molecule has 1 aromatic heterocycles. The van der Waals surface area contributed by atoms with Crippen LogP contribution in [-0.4, -0.2) is 18.2 Å². The van der Waals surface area contributed by atoms with Crippen LogP contribution in [0.2, 0.25) is 5.02 Å². The Kier molecular flexibility index (Phi) is 5.57. The van der Waals surface area contributed by atoms with Gasteiger partial charge in [-0.05, 0) is 30.7 Å². The maximum absolute atomic E-state index is 14.0. The topological polar surface area (TPSA) is 78.0 Å². The summed E-state index contributed by atoms with van der Waals surface area (Å²) in [5.74, 6) is 0. The van der Waals surface area contributed by atoms with Crippen LogP contribution in [-0.2, 0) is 16.2 Å². The summed E-state index contributed by atoms with van der Waals surface area (Å²) in [4.78, 5) is -0.325. The van der Waals surface area contributed by atoms with E-state index < -0.39 is 21.9 Å². The molecule has 5 nitrogen and oxygen atoms in total. The molecule has 0 aliphatic heterocycles. The molecule has 0 saturated heterocycles. The number of alkyl halides is 3. The van der Waals surface area contributed by atoms with Crippen LogP contribution in [0.4, 0.5) is 13.2 Å². The van der Waals surface area contributed by atoms with Crippen LogP contribution in [0, 0.1) is 0 Å². The van der Waals surface area contributed by atoms with Gasteiger partial charge in [0.2, 0.25) is 10.0 Å². The molecule has 0 amide bonds. The molecule has 0 radical (unpaired) electrons. The zero-order valence-corrected chi connectivity index (χ0v) is 16.6. The molecule has 0 aliphatic carbocycles. The van der Waals surface area contributed by atoms with Crippen LogP contribution in [0.5, 0.6) is 0 Å². The van der Waals surface area contributed by atoms with Crippen molar-refractivity contribution in [1.82, 2.24) is 9.78 Å². The Morgan fingerprint density at radius 2 is 1.72 bits per heavy atom. The van der Waals surface area contributed by atoms with Gasteiger partial charge in [-0.15, -0.1) is 0 Å². The number of halogens is 4. The van der Waals surface area contributed by atoms with Gasteiger partial charge in [-0.25, -0.2) is 18.2 Å². The Bertz CT molecular complexity index is 1180. The molecular formula is C19H15ClF3N3O2S. The van der Waals surface area contributed by atoms with Gasteiger partial charge < -0.3 is 0 Å². The first-order valence-electron chi connectivity index (χ1n) is 8.24. The Morgan fingerprint density at radius 3 is 2.28 bits per heavy atom. The maximum atomic E-state index is 14.0. The molecule has 152 valence electrons. The predicted molar refractivity (Wildman–Crippen MR) is 105 cm³/mol. The number of allylic oxidation sites excluding steroid dienone is 1. The molecule has 0 atom stereocenters. The normalized spacial score (nSPS) is 12.6. The van der Waals surface area contributed by atoms with Crippen molar-refractivity contribution < 1.29 is 21.6 Å². The van der Waals surface area contributed by atoms with E-state index in [4.69, 9.17) is 16.7 Å². The van der Waals surface area contributed by atoms with Gasteiger partial charge in [0.05, 0.1) is 4.90 Å². The number of hydrogen-bond donors (Lipinski definition) is 1. The molecule has 0 aliphatic rings. The second-order valence-electron chi connectivity index (χ2n) is 6.05. The number of rotatable bonds is 4. The standard InChI is InChI=1S/C19H15ClF3N3O2S/c1-2-11-26-18(19(21,22)23)16(12-7-9-13(20)10-8-12)17(25-26)14-5-3-4-6-15(14)29(24,27)28/h2-11H,1H3,(H2,24,27,28). The summed E-state index contributed by atoms with van der Waals surface area (Å²) in [5, 5.41) is 9.69.